The van der Waals surface area contributed by atoms with Gasteiger partial charge in [0.1, 0.15) is 11.5 Å². The van der Waals surface area contributed by atoms with Gasteiger partial charge in [-0.1, -0.05) is 21.1 Å². The highest BCUT2D eigenvalue weighted by Crippen LogP contribution is 2.23. The van der Waals surface area contributed by atoms with Crippen LogP contribution < -0.4 is 0 Å². The van der Waals surface area contributed by atoms with E-state index in [-0.39, 0.29) is 18.0 Å². The first-order valence-corrected chi connectivity index (χ1v) is 6.74. The molecule has 7 heteroatoms. The van der Waals surface area contributed by atoms with E-state index in [0.29, 0.717) is 15.7 Å². The quantitative estimate of drug-likeness (QED) is 0.861. The van der Waals surface area contributed by atoms with Crippen molar-refractivity contribution in [1.29, 1.82) is 0 Å². The highest BCUT2D eigenvalue weighted by atomic mass is 79.9. The topological polar surface area (TPSA) is 51.0 Å². The van der Waals surface area contributed by atoms with Crippen molar-refractivity contribution in [3.8, 4) is 0 Å². The highest BCUT2D eigenvalue weighted by molar-refractivity contribution is 9.10. The molecule has 0 unspecified atom stereocenters. The monoisotopic (exact) mass is 340 g/mol. The summed E-state index contributed by atoms with van der Waals surface area (Å²) in [4.78, 5) is 13.8. The van der Waals surface area contributed by atoms with E-state index in [9.17, 15) is 9.18 Å². The van der Waals surface area contributed by atoms with Gasteiger partial charge in [-0.05, 0) is 24.6 Å². The highest BCUT2D eigenvalue weighted by Gasteiger charge is 2.20. The minimum Gasteiger partial charge on any atom is -0.336 e. The Morgan fingerprint density at radius 1 is 1.50 bits per heavy atom. The van der Waals surface area contributed by atoms with Crippen molar-refractivity contribution in [2.24, 2.45) is 7.05 Å². The SMILES string of the molecule is Cc1c(Br)ccc(F)c1C(=O)N(C)Cc1cn(C)nn1. The molecule has 0 saturated carbocycles. The molecule has 0 bridgehead atoms. The summed E-state index contributed by atoms with van der Waals surface area (Å²) in [5.41, 5.74) is 1.31. The number of carbonyl (C=O) groups is 1. The van der Waals surface area contributed by atoms with Crippen molar-refractivity contribution in [2.45, 2.75) is 13.5 Å². The number of nitrogens with zero attached hydrogens (tertiary/aromatic N) is 4. The van der Waals surface area contributed by atoms with Crippen LogP contribution in [0.4, 0.5) is 4.39 Å². The molecule has 0 radical (unpaired) electrons. The van der Waals surface area contributed by atoms with Gasteiger partial charge in [-0.3, -0.25) is 9.48 Å². The van der Waals surface area contributed by atoms with E-state index < -0.39 is 5.82 Å². The van der Waals surface area contributed by atoms with Crippen LogP contribution in [0.3, 0.4) is 0 Å². The second-order valence-corrected chi connectivity index (χ2v) is 5.43. The van der Waals surface area contributed by atoms with Gasteiger partial charge in [-0.2, -0.15) is 0 Å². The van der Waals surface area contributed by atoms with Crippen LogP contribution in [0.2, 0.25) is 0 Å². The first-order valence-electron chi connectivity index (χ1n) is 5.95. The fourth-order valence-corrected chi connectivity index (χ4v) is 2.22. The Bertz CT molecular complexity index is 656. The number of carbonyl (C=O) groups excluding carboxylic acids is 1. The lowest BCUT2D eigenvalue weighted by molar-refractivity contribution is 0.0778. The number of hydrogen-bond donors (Lipinski definition) is 0. The second-order valence-electron chi connectivity index (χ2n) is 4.57. The van der Waals surface area contributed by atoms with Gasteiger partial charge >= 0.3 is 0 Å². The van der Waals surface area contributed by atoms with E-state index in [1.165, 1.54) is 11.0 Å². The average molecular weight is 341 g/mol. The number of amides is 1. The summed E-state index contributed by atoms with van der Waals surface area (Å²) in [5, 5.41) is 7.71. The molecule has 20 heavy (non-hydrogen) atoms. The van der Waals surface area contributed by atoms with Crippen molar-refractivity contribution >= 4 is 21.8 Å². The number of halogens is 2. The Morgan fingerprint density at radius 3 is 2.80 bits per heavy atom. The van der Waals surface area contributed by atoms with Gasteiger partial charge in [0.05, 0.1) is 12.1 Å². The molecule has 2 rings (SSSR count). The molecule has 0 fully saturated rings. The molecule has 0 spiro atoms. The zero-order valence-corrected chi connectivity index (χ0v) is 13.0. The second kappa shape index (κ2) is 5.70. The molecular formula is C13H14BrFN4O. The van der Waals surface area contributed by atoms with Crippen LogP contribution in [-0.4, -0.2) is 32.8 Å². The molecule has 0 saturated heterocycles. The molecule has 0 N–H and O–H groups in total. The van der Waals surface area contributed by atoms with Crippen LogP contribution in [0.5, 0.6) is 0 Å². The summed E-state index contributed by atoms with van der Waals surface area (Å²) in [5.74, 6) is -0.909. The van der Waals surface area contributed by atoms with E-state index in [4.69, 9.17) is 0 Å². The summed E-state index contributed by atoms with van der Waals surface area (Å²) in [6, 6.07) is 2.87. The maximum absolute atomic E-state index is 13.9. The van der Waals surface area contributed by atoms with Crippen molar-refractivity contribution in [3.05, 3.63) is 45.4 Å². The van der Waals surface area contributed by atoms with Crippen molar-refractivity contribution in [1.82, 2.24) is 19.9 Å². The first kappa shape index (κ1) is 14.6. The number of aromatic nitrogens is 3. The molecule has 0 aliphatic rings. The molecule has 0 aliphatic carbocycles. The first-order chi connectivity index (χ1) is 9.40. The van der Waals surface area contributed by atoms with Gasteiger partial charge in [-0.25, -0.2) is 4.39 Å². The summed E-state index contributed by atoms with van der Waals surface area (Å²) in [6.45, 7) is 1.98. The molecule has 0 atom stereocenters. The zero-order chi connectivity index (χ0) is 14.9. The smallest absolute Gasteiger partial charge is 0.257 e. The zero-order valence-electron chi connectivity index (χ0n) is 11.4. The largest absolute Gasteiger partial charge is 0.336 e. The van der Waals surface area contributed by atoms with Crippen molar-refractivity contribution < 1.29 is 9.18 Å². The third-order valence-corrected chi connectivity index (χ3v) is 3.82. The van der Waals surface area contributed by atoms with Crippen molar-refractivity contribution in [3.63, 3.8) is 0 Å². The molecular weight excluding hydrogens is 327 g/mol. The lowest BCUT2D eigenvalue weighted by Crippen LogP contribution is -2.28. The van der Waals surface area contributed by atoms with Gasteiger partial charge < -0.3 is 4.90 Å². The Morgan fingerprint density at radius 2 is 2.20 bits per heavy atom. The van der Waals surface area contributed by atoms with Crippen LogP contribution in [-0.2, 0) is 13.6 Å². The molecule has 1 amide bonds. The van der Waals surface area contributed by atoms with Gasteiger partial charge in [0.25, 0.3) is 5.91 Å². The normalized spacial score (nSPS) is 10.7. The molecule has 106 valence electrons. The van der Waals surface area contributed by atoms with Crippen molar-refractivity contribution in [2.75, 3.05) is 7.05 Å². The lowest BCUT2D eigenvalue weighted by Gasteiger charge is -2.18. The maximum atomic E-state index is 13.9. The molecule has 5 nitrogen and oxygen atoms in total. The van der Waals surface area contributed by atoms with E-state index in [1.807, 2.05) is 0 Å². The number of benzene rings is 1. The predicted molar refractivity (Wildman–Crippen MR) is 75.6 cm³/mol. The average Bonchev–Trinajstić information content (AvgIpc) is 2.79. The summed E-state index contributed by atoms with van der Waals surface area (Å²) in [7, 11) is 3.35. The van der Waals surface area contributed by atoms with Crippen LogP contribution >= 0.6 is 15.9 Å². The van der Waals surface area contributed by atoms with E-state index >= 15 is 0 Å². The number of aryl methyl sites for hydroxylation is 1. The Hall–Kier alpha value is -1.76. The minimum atomic E-state index is -0.526. The van der Waals surface area contributed by atoms with Crippen LogP contribution in [0.15, 0.2) is 22.8 Å². The Kier molecular flexibility index (Phi) is 4.17. The molecule has 2 aromatic rings. The van der Waals surface area contributed by atoms with Gasteiger partial charge in [-0.15, -0.1) is 5.10 Å². The molecule has 1 aromatic heterocycles. The number of hydrogen-bond acceptors (Lipinski definition) is 3. The van der Waals surface area contributed by atoms with E-state index in [0.717, 1.165) is 0 Å². The third-order valence-electron chi connectivity index (χ3n) is 2.96. The summed E-state index contributed by atoms with van der Waals surface area (Å²) in [6.07, 6.45) is 1.72. The van der Waals surface area contributed by atoms with E-state index in [1.54, 1.807) is 38.0 Å². The molecule has 0 aliphatic heterocycles. The predicted octanol–water partition coefficient (Wildman–Crippen LogP) is 2.30. The van der Waals surface area contributed by atoms with E-state index in [2.05, 4.69) is 26.2 Å². The van der Waals surface area contributed by atoms with Crippen LogP contribution in [0.1, 0.15) is 21.6 Å². The fourth-order valence-electron chi connectivity index (χ4n) is 1.89. The van der Waals surface area contributed by atoms with Crippen LogP contribution in [0, 0.1) is 12.7 Å². The molecule has 1 aromatic carbocycles. The third kappa shape index (κ3) is 2.87. The van der Waals surface area contributed by atoms with Gasteiger partial charge in [0, 0.05) is 24.8 Å². The summed E-state index contributed by atoms with van der Waals surface area (Å²) < 4.78 is 16.1. The van der Waals surface area contributed by atoms with Crippen LogP contribution in [0.25, 0.3) is 0 Å². The summed E-state index contributed by atoms with van der Waals surface area (Å²) >= 11 is 3.30. The minimum absolute atomic E-state index is 0.0748. The van der Waals surface area contributed by atoms with Gasteiger partial charge in [0.2, 0.25) is 0 Å². The lowest BCUT2D eigenvalue weighted by atomic mass is 10.1. The number of rotatable bonds is 3. The molecule has 1 heterocycles. The Balaban J connectivity index is 2.25. The fraction of sp³-hybridized carbons (Fsp3) is 0.308. The Labute approximate surface area is 124 Å². The van der Waals surface area contributed by atoms with Gasteiger partial charge in [0.15, 0.2) is 0 Å². The standard InChI is InChI=1S/C13H14BrFN4O/c1-8-10(14)4-5-11(15)12(8)13(20)18(2)6-9-7-19(3)17-16-9/h4-5,7H,6H2,1-3H3. The maximum Gasteiger partial charge on any atom is 0.257 e.